The van der Waals surface area contributed by atoms with Gasteiger partial charge in [-0.2, -0.15) is 4.31 Å². The lowest BCUT2D eigenvalue weighted by molar-refractivity contribution is -0.132. The Morgan fingerprint density at radius 3 is 2.60 bits per heavy atom. The van der Waals surface area contributed by atoms with Crippen molar-refractivity contribution in [2.24, 2.45) is 11.1 Å². The lowest BCUT2D eigenvalue weighted by Gasteiger charge is -2.49. The standard InChI is InChI=1S/C17H23FN2O4S/c1-12-11-13(3-4-14(12)18)25(22,23)20-8-2-5-17(15(20)16(19)21)6-9-24-10-7-17/h3-4,11,15H,2,5-10H2,1H3,(H2,19,21). The molecule has 2 saturated heterocycles. The third kappa shape index (κ3) is 3.18. The fourth-order valence-corrected chi connectivity index (χ4v) is 5.89. The van der Waals surface area contributed by atoms with E-state index in [2.05, 4.69) is 0 Å². The Morgan fingerprint density at radius 2 is 2.00 bits per heavy atom. The van der Waals surface area contributed by atoms with Crippen molar-refractivity contribution in [3.8, 4) is 0 Å². The highest BCUT2D eigenvalue weighted by molar-refractivity contribution is 7.89. The predicted octanol–water partition coefficient (Wildman–Crippen LogP) is 1.57. The molecule has 0 bridgehead atoms. The first kappa shape index (κ1) is 18.3. The molecule has 25 heavy (non-hydrogen) atoms. The van der Waals surface area contributed by atoms with Gasteiger partial charge in [0.05, 0.1) is 4.90 Å². The van der Waals surface area contributed by atoms with Gasteiger partial charge in [0.25, 0.3) is 0 Å². The number of primary amides is 1. The number of nitrogens with zero attached hydrogens (tertiary/aromatic N) is 1. The molecule has 0 aromatic heterocycles. The number of aryl methyl sites for hydroxylation is 1. The average molecular weight is 370 g/mol. The fraction of sp³-hybridized carbons (Fsp3) is 0.588. The van der Waals surface area contributed by atoms with Crippen molar-refractivity contribution < 1.29 is 22.3 Å². The van der Waals surface area contributed by atoms with Gasteiger partial charge in [-0.3, -0.25) is 4.79 Å². The van der Waals surface area contributed by atoms with E-state index in [1.807, 2.05) is 0 Å². The predicted molar refractivity (Wildman–Crippen MR) is 89.7 cm³/mol. The molecule has 0 saturated carbocycles. The fourth-order valence-electron chi connectivity index (χ4n) is 4.08. The van der Waals surface area contributed by atoms with Crippen LogP contribution in [0.4, 0.5) is 4.39 Å². The van der Waals surface area contributed by atoms with Crippen LogP contribution >= 0.6 is 0 Å². The minimum absolute atomic E-state index is 0.0123. The number of hydrogen-bond acceptors (Lipinski definition) is 4. The summed E-state index contributed by atoms with van der Waals surface area (Å²) in [6.07, 6.45) is 2.62. The van der Waals surface area contributed by atoms with Gasteiger partial charge in [0.1, 0.15) is 11.9 Å². The summed E-state index contributed by atoms with van der Waals surface area (Å²) in [6, 6.07) is 2.77. The summed E-state index contributed by atoms with van der Waals surface area (Å²) in [6.45, 7) is 2.73. The van der Waals surface area contributed by atoms with Gasteiger partial charge in [-0.05, 0) is 56.4 Å². The number of carbonyl (C=O) groups is 1. The van der Waals surface area contributed by atoms with Crippen molar-refractivity contribution in [3.05, 3.63) is 29.6 Å². The number of benzene rings is 1. The molecule has 2 fully saturated rings. The Balaban J connectivity index is 2.03. The van der Waals surface area contributed by atoms with Gasteiger partial charge >= 0.3 is 0 Å². The number of halogens is 1. The molecular weight excluding hydrogens is 347 g/mol. The van der Waals surface area contributed by atoms with E-state index in [0.717, 1.165) is 12.5 Å². The molecule has 8 heteroatoms. The first-order valence-corrected chi connectivity index (χ1v) is 9.87. The molecule has 6 nitrogen and oxygen atoms in total. The summed E-state index contributed by atoms with van der Waals surface area (Å²) >= 11 is 0. The van der Waals surface area contributed by atoms with Crippen LogP contribution in [0.5, 0.6) is 0 Å². The number of rotatable bonds is 3. The summed E-state index contributed by atoms with van der Waals surface area (Å²) in [5.74, 6) is -1.10. The molecule has 1 amide bonds. The summed E-state index contributed by atoms with van der Waals surface area (Å²) in [5.41, 5.74) is 5.41. The van der Waals surface area contributed by atoms with Crippen molar-refractivity contribution in [2.75, 3.05) is 19.8 Å². The van der Waals surface area contributed by atoms with Gasteiger partial charge in [-0.15, -0.1) is 0 Å². The molecule has 3 rings (SSSR count). The third-order valence-corrected chi connectivity index (χ3v) is 7.28. The Labute approximate surface area is 147 Å². The van der Waals surface area contributed by atoms with E-state index in [0.29, 0.717) is 32.5 Å². The molecule has 1 unspecified atom stereocenters. The Kier molecular flexibility index (Phi) is 4.87. The van der Waals surface area contributed by atoms with Crippen LogP contribution in [0.25, 0.3) is 0 Å². The monoisotopic (exact) mass is 370 g/mol. The van der Waals surface area contributed by atoms with Crippen molar-refractivity contribution in [1.29, 1.82) is 0 Å². The Morgan fingerprint density at radius 1 is 1.32 bits per heavy atom. The van der Waals surface area contributed by atoms with E-state index in [9.17, 15) is 17.6 Å². The van der Waals surface area contributed by atoms with Gasteiger partial charge in [-0.25, -0.2) is 12.8 Å². The van der Waals surface area contributed by atoms with Crippen molar-refractivity contribution in [3.63, 3.8) is 0 Å². The highest BCUT2D eigenvalue weighted by Gasteiger charge is 2.52. The van der Waals surface area contributed by atoms with Crippen molar-refractivity contribution in [1.82, 2.24) is 4.31 Å². The second kappa shape index (κ2) is 6.66. The summed E-state index contributed by atoms with van der Waals surface area (Å²) in [4.78, 5) is 12.2. The Hall–Kier alpha value is -1.51. The molecule has 2 heterocycles. The largest absolute Gasteiger partial charge is 0.381 e. The molecule has 2 aliphatic heterocycles. The number of hydrogen-bond donors (Lipinski definition) is 1. The molecular formula is C17H23FN2O4S. The molecule has 1 aromatic rings. The Bertz CT molecular complexity index is 769. The maximum absolute atomic E-state index is 13.5. The zero-order chi connectivity index (χ0) is 18.2. The lowest BCUT2D eigenvalue weighted by Crippen LogP contribution is -2.61. The van der Waals surface area contributed by atoms with E-state index < -0.39 is 33.2 Å². The molecule has 138 valence electrons. The third-order valence-electron chi connectivity index (χ3n) is 5.42. The molecule has 2 aliphatic rings. The molecule has 0 aliphatic carbocycles. The maximum Gasteiger partial charge on any atom is 0.243 e. The second-order valence-corrected chi connectivity index (χ2v) is 8.80. The van der Waals surface area contributed by atoms with Crippen LogP contribution in [-0.2, 0) is 19.6 Å². The van der Waals surface area contributed by atoms with Gasteiger partial charge in [-0.1, -0.05) is 0 Å². The normalized spacial score (nSPS) is 24.3. The first-order valence-electron chi connectivity index (χ1n) is 8.43. The summed E-state index contributed by atoms with van der Waals surface area (Å²) in [5, 5.41) is 0. The summed E-state index contributed by atoms with van der Waals surface area (Å²) in [7, 11) is -3.95. The van der Waals surface area contributed by atoms with E-state index >= 15 is 0 Å². The molecule has 0 radical (unpaired) electrons. The topological polar surface area (TPSA) is 89.7 Å². The molecule has 2 N–H and O–H groups in total. The molecule has 1 aromatic carbocycles. The second-order valence-electron chi connectivity index (χ2n) is 6.91. The quantitative estimate of drug-likeness (QED) is 0.874. The van der Waals surface area contributed by atoms with Gasteiger partial charge in [0, 0.05) is 25.2 Å². The van der Waals surface area contributed by atoms with Crippen molar-refractivity contribution in [2.45, 2.75) is 43.5 Å². The van der Waals surface area contributed by atoms with Crippen molar-refractivity contribution >= 4 is 15.9 Å². The van der Waals surface area contributed by atoms with Crippen LogP contribution in [0, 0.1) is 18.2 Å². The number of piperidine rings is 1. The zero-order valence-electron chi connectivity index (χ0n) is 14.2. The van der Waals surface area contributed by atoms with Crippen LogP contribution < -0.4 is 5.73 Å². The van der Waals surface area contributed by atoms with Crippen LogP contribution in [0.1, 0.15) is 31.2 Å². The number of amides is 1. The van der Waals surface area contributed by atoms with Crippen LogP contribution in [-0.4, -0.2) is 44.4 Å². The molecule has 1 atom stereocenters. The first-order chi connectivity index (χ1) is 11.8. The van der Waals surface area contributed by atoms with Crippen LogP contribution in [0.3, 0.4) is 0 Å². The van der Waals surface area contributed by atoms with Gasteiger partial charge in [0.2, 0.25) is 15.9 Å². The number of carbonyl (C=O) groups excluding carboxylic acids is 1. The maximum atomic E-state index is 13.5. The number of ether oxygens (including phenoxy) is 1. The van der Waals surface area contributed by atoms with E-state index in [1.165, 1.54) is 23.4 Å². The van der Waals surface area contributed by atoms with Gasteiger partial charge < -0.3 is 10.5 Å². The summed E-state index contributed by atoms with van der Waals surface area (Å²) < 4.78 is 46.5. The number of sulfonamides is 1. The minimum atomic E-state index is -3.95. The zero-order valence-corrected chi connectivity index (χ0v) is 15.0. The van der Waals surface area contributed by atoms with E-state index in [1.54, 1.807) is 0 Å². The number of nitrogens with two attached hydrogens (primary N) is 1. The van der Waals surface area contributed by atoms with E-state index in [-0.39, 0.29) is 17.0 Å². The average Bonchev–Trinajstić information content (AvgIpc) is 2.57. The highest BCUT2D eigenvalue weighted by Crippen LogP contribution is 2.45. The SMILES string of the molecule is Cc1cc(S(=O)(=O)N2CCCC3(CCOCC3)C2C(N)=O)ccc1F. The van der Waals surface area contributed by atoms with Gasteiger partial charge in [0.15, 0.2) is 0 Å². The minimum Gasteiger partial charge on any atom is -0.381 e. The van der Waals surface area contributed by atoms with E-state index in [4.69, 9.17) is 10.5 Å². The smallest absolute Gasteiger partial charge is 0.243 e. The highest BCUT2D eigenvalue weighted by atomic mass is 32.2. The molecule has 1 spiro atoms. The van der Waals surface area contributed by atoms with Crippen LogP contribution in [0.2, 0.25) is 0 Å². The lowest BCUT2D eigenvalue weighted by atomic mass is 9.68. The van der Waals surface area contributed by atoms with Crippen LogP contribution in [0.15, 0.2) is 23.1 Å².